The van der Waals surface area contributed by atoms with Crippen molar-refractivity contribution in [1.82, 2.24) is 0 Å². The maximum Gasteiger partial charge on any atom is 0.296 e. The summed E-state index contributed by atoms with van der Waals surface area (Å²) in [6, 6.07) is 15.9. The minimum Gasteiger partial charge on any atom is -0.274 e. The first-order chi connectivity index (χ1) is 16.3. The SMILES string of the molecule is O=C1[C@@H]2[C@@H](C(=O)N1c1ccc(F)cc1[N+](=O)[O-])C1c3ccccc3C2([N+](=O)[O-])c2ccccc21. The number of carbonyl (C=O) groups is 2. The van der Waals surface area contributed by atoms with Crippen LogP contribution in [0.4, 0.5) is 15.8 Å². The summed E-state index contributed by atoms with van der Waals surface area (Å²) >= 11 is 0. The lowest BCUT2D eigenvalue weighted by Gasteiger charge is -2.48. The van der Waals surface area contributed by atoms with E-state index < -0.39 is 62.1 Å². The van der Waals surface area contributed by atoms with E-state index in [9.17, 15) is 34.2 Å². The zero-order valence-electron chi connectivity index (χ0n) is 17.3. The molecule has 3 aliphatic carbocycles. The molecule has 10 heteroatoms. The number of carbonyl (C=O) groups excluding carboxylic acids is 2. The third-order valence-corrected chi connectivity index (χ3v) is 7.24. The third kappa shape index (κ3) is 2.17. The van der Waals surface area contributed by atoms with Crippen LogP contribution in [0.15, 0.2) is 66.7 Å². The highest BCUT2D eigenvalue weighted by molar-refractivity contribution is 6.24. The molecule has 168 valence electrons. The fourth-order valence-electron chi connectivity index (χ4n) is 6.11. The van der Waals surface area contributed by atoms with Crippen molar-refractivity contribution >= 4 is 23.2 Å². The van der Waals surface area contributed by atoms with E-state index in [1.807, 2.05) is 0 Å². The topological polar surface area (TPSA) is 124 Å². The largest absolute Gasteiger partial charge is 0.296 e. The second kappa shape index (κ2) is 6.53. The molecule has 2 atom stereocenters. The number of imide groups is 1. The van der Waals surface area contributed by atoms with E-state index in [0.29, 0.717) is 33.2 Å². The van der Waals surface area contributed by atoms with Gasteiger partial charge in [-0.3, -0.25) is 29.8 Å². The maximum atomic E-state index is 13.8. The normalized spacial score (nSPS) is 26.1. The molecular weight excluding hydrogens is 445 g/mol. The van der Waals surface area contributed by atoms with Crippen LogP contribution in [0.1, 0.15) is 28.2 Å². The van der Waals surface area contributed by atoms with Crippen LogP contribution in [0.2, 0.25) is 0 Å². The summed E-state index contributed by atoms with van der Waals surface area (Å²) in [5.74, 6) is -5.77. The molecule has 0 radical (unpaired) electrons. The van der Waals surface area contributed by atoms with E-state index in [1.165, 1.54) is 0 Å². The standard InChI is InChI=1S/C24H14FN3O6/c25-12-9-10-17(18(11-12)27(31)32)26-22(29)20-19-13-5-1-3-7-15(13)24(28(33)34,21(20)23(26)30)16-8-4-2-6-14(16)19/h1-11,19-21H/t19?,20-,21-,24?/m0/s1. The Bertz CT molecular complexity index is 1420. The Morgan fingerprint density at radius 1 is 0.853 bits per heavy atom. The zero-order valence-corrected chi connectivity index (χ0v) is 17.3. The highest BCUT2D eigenvalue weighted by atomic mass is 19.1. The summed E-state index contributed by atoms with van der Waals surface area (Å²) in [5, 5.41) is 24.5. The molecule has 1 saturated heterocycles. The van der Waals surface area contributed by atoms with Gasteiger partial charge in [-0.15, -0.1) is 0 Å². The second-order valence-corrected chi connectivity index (χ2v) is 8.58. The molecular formula is C24H14FN3O6. The lowest BCUT2D eigenvalue weighted by Crippen LogP contribution is -2.57. The van der Waals surface area contributed by atoms with Crippen LogP contribution in [0.25, 0.3) is 0 Å². The van der Waals surface area contributed by atoms with Gasteiger partial charge in [0.1, 0.15) is 17.4 Å². The molecule has 2 amide bonds. The molecule has 9 nitrogen and oxygen atoms in total. The lowest BCUT2D eigenvalue weighted by atomic mass is 9.51. The fraction of sp³-hybridized carbons (Fsp3) is 0.167. The predicted molar refractivity (Wildman–Crippen MR) is 115 cm³/mol. The molecule has 0 spiro atoms. The van der Waals surface area contributed by atoms with Crippen molar-refractivity contribution < 1.29 is 23.8 Å². The van der Waals surface area contributed by atoms with Crippen molar-refractivity contribution in [3.05, 3.63) is 115 Å². The molecule has 0 aromatic heterocycles. The van der Waals surface area contributed by atoms with Gasteiger partial charge in [0.05, 0.1) is 16.9 Å². The number of amides is 2. The predicted octanol–water partition coefficient (Wildman–Crippen LogP) is 3.52. The van der Waals surface area contributed by atoms with Crippen LogP contribution in [0.5, 0.6) is 0 Å². The molecule has 1 aliphatic heterocycles. The number of halogens is 1. The Morgan fingerprint density at radius 2 is 1.44 bits per heavy atom. The maximum absolute atomic E-state index is 13.8. The molecule has 3 aromatic carbocycles. The number of hydrogen-bond acceptors (Lipinski definition) is 6. The van der Waals surface area contributed by atoms with E-state index in [-0.39, 0.29) is 0 Å². The molecule has 7 rings (SSSR count). The van der Waals surface area contributed by atoms with Crippen molar-refractivity contribution in [2.75, 3.05) is 4.90 Å². The van der Waals surface area contributed by atoms with E-state index in [2.05, 4.69) is 0 Å². The number of nitro groups is 2. The highest BCUT2D eigenvalue weighted by Crippen LogP contribution is 2.64. The molecule has 1 heterocycles. The van der Waals surface area contributed by atoms with Gasteiger partial charge < -0.3 is 0 Å². The fourth-order valence-corrected chi connectivity index (χ4v) is 6.11. The van der Waals surface area contributed by atoms with Gasteiger partial charge in [-0.05, 0) is 23.3 Å². The van der Waals surface area contributed by atoms with Crippen LogP contribution >= 0.6 is 0 Å². The highest BCUT2D eigenvalue weighted by Gasteiger charge is 2.75. The number of rotatable bonds is 3. The number of nitrogens with zero attached hydrogens (tertiary/aromatic N) is 3. The van der Waals surface area contributed by atoms with E-state index in [1.54, 1.807) is 48.5 Å². The number of nitro benzene ring substituents is 1. The monoisotopic (exact) mass is 459 g/mol. The van der Waals surface area contributed by atoms with Crippen LogP contribution < -0.4 is 4.90 Å². The van der Waals surface area contributed by atoms with Gasteiger partial charge in [-0.2, -0.15) is 0 Å². The summed E-state index contributed by atoms with van der Waals surface area (Å²) in [5.41, 5.74) is -1.38. The Kier molecular flexibility index (Phi) is 3.87. The molecule has 3 aromatic rings. The lowest BCUT2D eigenvalue weighted by molar-refractivity contribution is -0.578. The van der Waals surface area contributed by atoms with E-state index in [0.717, 1.165) is 12.1 Å². The number of benzene rings is 3. The minimum atomic E-state index is -2.04. The Hall–Kier alpha value is -4.47. The van der Waals surface area contributed by atoms with Crippen LogP contribution in [-0.4, -0.2) is 21.7 Å². The quantitative estimate of drug-likeness (QED) is 0.335. The molecule has 34 heavy (non-hydrogen) atoms. The van der Waals surface area contributed by atoms with Crippen molar-refractivity contribution in [3.63, 3.8) is 0 Å². The Morgan fingerprint density at radius 3 is 2.00 bits per heavy atom. The summed E-state index contributed by atoms with van der Waals surface area (Å²) < 4.78 is 13.8. The summed E-state index contributed by atoms with van der Waals surface area (Å²) in [4.78, 5) is 51.3. The number of anilines is 1. The van der Waals surface area contributed by atoms with Gasteiger partial charge >= 0.3 is 0 Å². The molecule has 2 bridgehead atoms. The summed E-state index contributed by atoms with van der Waals surface area (Å²) in [7, 11) is 0. The Labute approximate surface area is 190 Å². The van der Waals surface area contributed by atoms with Gasteiger partial charge in [-0.25, -0.2) is 9.29 Å². The first-order valence-corrected chi connectivity index (χ1v) is 10.4. The van der Waals surface area contributed by atoms with Gasteiger partial charge in [0.25, 0.3) is 11.2 Å². The van der Waals surface area contributed by atoms with Crippen LogP contribution in [0, 0.1) is 37.9 Å². The van der Waals surface area contributed by atoms with Gasteiger partial charge in [-0.1, -0.05) is 48.5 Å². The van der Waals surface area contributed by atoms with Crippen LogP contribution in [0.3, 0.4) is 0 Å². The van der Waals surface area contributed by atoms with Gasteiger partial charge in [0, 0.05) is 22.0 Å². The Balaban J connectivity index is 1.66. The minimum absolute atomic E-state index is 0.335. The first kappa shape index (κ1) is 20.2. The molecule has 1 fully saturated rings. The van der Waals surface area contributed by atoms with Gasteiger partial charge in [0.2, 0.25) is 11.8 Å². The van der Waals surface area contributed by atoms with Crippen molar-refractivity contribution in [2.24, 2.45) is 11.8 Å². The van der Waals surface area contributed by atoms with Crippen molar-refractivity contribution in [3.8, 4) is 0 Å². The second-order valence-electron chi connectivity index (χ2n) is 8.58. The average Bonchev–Trinajstić information content (AvgIpc) is 3.09. The van der Waals surface area contributed by atoms with Crippen molar-refractivity contribution in [2.45, 2.75) is 11.5 Å². The molecule has 0 saturated carbocycles. The van der Waals surface area contributed by atoms with Crippen molar-refractivity contribution in [1.29, 1.82) is 0 Å². The molecule has 0 N–H and O–H groups in total. The van der Waals surface area contributed by atoms with Gasteiger partial charge in [0.15, 0.2) is 0 Å². The smallest absolute Gasteiger partial charge is 0.274 e. The average molecular weight is 459 g/mol. The molecule has 0 unspecified atom stereocenters. The van der Waals surface area contributed by atoms with E-state index in [4.69, 9.17) is 0 Å². The zero-order chi connectivity index (χ0) is 23.9. The van der Waals surface area contributed by atoms with E-state index >= 15 is 0 Å². The molecule has 4 aliphatic rings. The summed E-state index contributed by atoms with van der Waals surface area (Å²) in [6.07, 6.45) is 0. The third-order valence-electron chi connectivity index (χ3n) is 7.24. The number of hydrogen-bond donors (Lipinski definition) is 0. The van der Waals surface area contributed by atoms with Crippen LogP contribution in [-0.2, 0) is 15.1 Å². The first-order valence-electron chi connectivity index (χ1n) is 10.4. The summed E-state index contributed by atoms with van der Waals surface area (Å²) in [6.45, 7) is 0.